The van der Waals surface area contributed by atoms with Crippen LogP contribution in [0.2, 0.25) is 0 Å². The van der Waals surface area contributed by atoms with Gasteiger partial charge in [0.15, 0.2) is 5.82 Å². The number of halogens is 3. The van der Waals surface area contributed by atoms with Gasteiger partial charge >= 0.3 is 6.18 Å². The van der Waals surface area contributed by atoms with Gasteiger partial charge in [-0.05, 0) is 18.2 Å². The van der Waals surface area contributed by atoms with Crippen molar-refractivity contribution in [3.8, 4) is 11.8 Å². The van der Waals surface area contributed by atoms with Crippen LogP contribution < -0.4 is 4.74 Å². The Bertz CT molecular complexity index is 657. The first-order valence-corrected chi connectivity index (χ1v) is 5.49. The van der Waals surface area contributed by atoms with Crippen LogP contribution in [-0.2, 0) is 19.8 Å². The lowest BCUT2D eigenvalue weighted by atomic mass is 10.1. The molecule has 0 unspecified atom stereocenters. The Kier molecular flexibility index (Phi) is 3.61. The predicted molar refractivity (Wildman–Crippen MR) is 61.5 cm³/mol. The van der Waals surface area contributed by atoms with Crippen molar-refractivity contribution in [2.45, 2.75) is 12.8 Å². The molecule has 104 valence electrons. The van der Waals surface area contributed by atoms with Crippen LogP contribution in [0.4, 0.5) is 13.2 Å². The van der Waals surface area contributed by atoms with E-state index in [0.717, 1.165) is 12.1 Å². The SMILES string of the molecule is Cn1cnnc1COc1ccc(C#N)cc1C(F)(F)F. The highest BCUT2D eigenvalue weighted by Crippen LogP contribution is 2.37. The number of benzene rings is 1. The summed E-state index contributed by atoms with van der Waals surface area (Å²) in [5.74, 6) is 0.0435. The van der Waals surface area contributed by atoms with E-state index >= 15 is 0 Å². The molecule has 0 saturated carbocycles. The molecule has 0 spiro atoms. The lowest BCUT2D eigenvalue weighted by Gasteiger charge is -2.13. The second-order valence-corrected chi connectivity index (χ2v) is 3.97. The topological polar surface area (TPSA) is 63.7 Å². The highest BCUT2D eigenvalue weighted by atomic mass is 19.4. The summed E-state index contributed by atoms with van der Waals surface area (Å²) in [6, 6.07) is 4.81. The van der Waals surface area contributed by atoms with Crippen molar-refractivity contribution in [1.82, 2.24) is 14.8 Å². The molecule has 5 nitrogen and oxygen atoms in total. The first kappa shape index (κ1) is 13.9. The number of aromatic nitrogens is 3. The molecule has 0 aliphatic carbocycles. The summed E-state index contributed by atoms with van der Waals surface area (Å²) in [6.45, 7) is -0.147. The second kappa shape index (κ2) is 5.21. The van der Waals surface area contributed by atoms with Gasteiger partial charge in [0.05, 0.1) is 17.2 Å². The highest BCUT2D eigenvalue weighted by molar-refractivity contribution is 5.43. The summed E-state index contributed by atoms with van der Waals surface area (Å²) in [5.41, 5.74) is -1.07. The van der Waals surface area contributed by atoms with Gasteiger partial charge in [-0.1, -0.05) is 0 Å². The third-order valence-corrected chi connectivity index (χ3v) is 2.58. The molecule has 0 fully saturated rings. The van der Waals surface area contributed by atoms with E-state index in [1.165, 1.54) is 17.0 Å². The van der Waals surface area contributed by atoms with Gasteiger partial charge in [0.25, 0.3) is 0 Å². The molecule has 1 heterocycles. The molecular weight excluding hydrogens is 273 g/mol. The molecule has 0 atom stereocenters. The fraction of sp³-hybridized carbons (Fsp3) is 0.250. The minimum Gasteiger partial charge on any atom is -0.485 e. The summed E-state index contributed by atoms with van der Waals surface area (Å²) in [6.07, 6.45) is -3.18. The van der Waals surface area contributed by atoms with Gasteiger partial charge in [0.2, 0.25) is 0 Å². The molecule has 0 aliphatic heterocycles. The third-order valence-electron chi connectivity index (χ3n) is 2.58. The van der Waals surface area contributed by atoms with Gasteiger partial charge in [-0.2, -0.15) is 18.4 Å². The van der Waals surface area contributed by atoms with E-state index in [0.29, 0.717) is 5.82 Å². The molecule has 1 aromatic heterocycles. The van der Waals surface area contributed by atoms with E-state index in [-0.39, 0.29) is 17.9 Å². The smallest absolute Gasteiger partial charge is 0.420 e. The average molecular weight is 282 g/mol. The number of ether oxygens (including phenoxy) is 1. The molecule has 0 N–H and O–H groups in total. The molecule has 0 aliphatic rings. The van der Waals surface area contributed by atoms with E-state index in [4.69, 9.17) is 10.00 Å². The molecule has 0 radical (unpaired) electrons. The van der Waals surface area contributed by atoms with Crippen molar-refractivity contribution >= 4 is 0 Å². The Morgan fingerprint density at radius 1 is 1.40 bits per heavy atom. The number of nitrogens with zero attached hydrogens (tertiary/aromatic N) is 4. The Balaban J connectivity index is 2.28. The number of hydrogen-bond acceptors (Lipinski definition) is 4. The van der Waals surface area contributed by atoms with Gasteiger partial charge in [-0.15, -0.1) is 10.2 Å². The first-order chi connectivity index (χ1) is 9.41. The molecular formula is C12H9F3N4O. The number of aryl methyl sites for hydroxylation is 1. The van der Waals surface area contributed by atoms with E-state index < -0.39 is 11.7 Å². The fourth-order valence-electron chi connectivity index (χ4n) is 1.53. The van der Waals surface area contributed by atoms with Crippen molar-refractivity contribution in [1.29, 1.82) is 5.26 Å². The van der Waals surface area contributed by atoms with Crippen LogP contribution in [0.25, 0.3) is 0 Å². The monoisotopic (exact) mass is 282 g/mol. The van der Waals surface area contributed by atoms with Gasteiger partial charge < -0.3 is 9.30 Å². The van der Waals surface area contributed by atoms with Gasteiger partial charge in [0.1, 0.15) is 18.7 Å². The lowest BCUT2D eigenvalue weighted by Crippen LogP contribution is -2.10. The molecule has 0 amide bonds. The number of rotatable bonds is 3. The zero-order valence-corrected chi connectivity index (χ0v) is 10.3. The quantitative estimate of drug-likeness (QED) is 0.866. The minimum absolute atomic E-state index is 0.0802. The molecule has 2 aromatic rings. The van der Waals surface area contributed by atoms with E-state index in [9.17, 15) is 13.2 Å². The Hall–Kier alpha value is -2.56. The van der Waals surface area contributed by atoms with Gasteiger partial charge in [0, 0.05) is 7.05 Å². The van der Waals surface area contributed by atoms with Crippen LogP contribution in [0.15, 0.2) is 24.5 Å². The highest BCUT2D eigenvalue weighted by Gasteiger charge is 2.34. The predicted octanol–water partition coefficient (Wildman–Crippen LogP) is 2.28. The van der Waals surface area contributed by atoms with Crippen molar-refractivity contribution in [3.63, 3.8) is 0 Å². The van der Waals surface area contributed by atoms with Crippen molar-refractivity contribution in [3.05, 3.63) is 41.5 Å². The van der Waals surface area contributed by atoms with Crippen LogP contribution >= 0.6 is 0 Å². The van der Waals surface area contributed by atoms with Crippen molar-refractivity contribution < 1.29 is 17.9 Å². The van der Waals surface area contributed by atoms with Crippen molar-refractivity contribution in [2.24, 2.45) is 7.05 Å². The maximum Gasteiger partial charge on any atom is 0.420 e. The standard InChI is InChI=1S/C12H9F3N4O/c1-19-7-17-18-11(19)6-20-10-3-2-8(5-16)4-9(10)12(13,14)15/h2-4,7H,6H2,1H3. The average Bonchev–Trinajstić information content (AvgIpc) is 2.80. The molecule has 0 saturated heterocycles. The van der Waals surface area contributed by atoms with E-state index in [1.807, 2.05) is 0 Å². The Labute approximate surface area is 112 Å². The normalized spacial score (nSPS) is 11.2. The van der Waals surface area contributed by atoms with E-state index in [2.05, 4.69) is 10.2 Å². The molecule has 1 aromatic carbocycles. The summed E-state index contributed by atoms with van der Waals surface area (Å²) in [4.78, 5) is 0. The third kappa shape index (κ3) is 2.88. The Morgan fingerprint density at radius 3 is 2.70 bits per heavy atom. The van der Waals surface area contributed by atoms with Gasteiger partial charge in [-0.25, -0.2) is 0 Å². The zero-order valence-electron chi connectivity index (χ0n) is 10.3. The molecule has 8 heteroatoms. The Morgan fingerprint density at radius 2 is 2.15 bits per heavy atom. The van der Waals surface area contributed by atoms with Crippen LogP contribution in [-0.4, -0.2) is 14.8 Å². The number of hydrogen-bond donors (Lipinski definition) is 0. The summed E-state index contributed by atoms with van der Waals surface area (Å²) in [5, 5.41) is 16.0. The molecule has 2 rings (SSSR count). The molecule has 0 bridgehead atoms. The molecule has 20 heavy (non-hydrogen) atoms. The van der Waals surface area contributed by atoms with Crippen LogP contribution in [0.3, 0.4) is 0 Å². The first-order valence-electron chi connectivity index (χ1n) is 5.49. The van der Waals surface area contributed by atoms with Crippen LogP contribution in [0, 0.1) is 11.3 Å². The van der Waals surface area contributed by atoms with Crippen LogP contribution in [0.1, 0.15) is 17.0 Å². The zero-order chi connectivity index (χ0) is 14.8. The van der Waals surface area contributed by atoms with E-state index in [1.54, 1.807) is 13.1 Å². The summed E-state index contributed by atoms with van der Waals surface area (Å²) >= 11 is 0. The lowest BCUT2D eigenvalue weighted by molar-refractivity contribution is -0.139. The largest absolute Gasteiger partial charge is 0.485 e. The maximum atomic E-state index is 12.9. The fourth-order valence-corrected chi connectivity index (χ4v) is 1.53. The number of nitriles is 1. The number of alkyl halides is 3. The van der Waals surface area contributed by atoms with Crippen LogP contribution in [0.5, 0.6) is 5.75 Å². The second-order valence-electron chi connectivity index (χ2n) is 3.97. The van der Waals surface area contributed by atoms with Gasteiger partial charge in [-0.3, -0.25) is 0 Å². The summed E-state index contributed by atoms with van der Waals surface area (Å²) in [7, 11) is 1.65. The van der Waals surface area contributed by atoms with Crippen molar-refractivity contribution in [2.75, 3.05) is 0 Å². The maximum absolute atomic E-state index is 12.9. The summed E-state index contributed by atoms with van der Waals surface area (Å²) < 4.78 is 45.3. The minimum atomic E-state index is -4.60.